The van der Waals surface area contributed by atoms with E-state index in [0.29, 0.717) is 12.1 Å². The van der Waals surface area contributed by atoms with Crippen molar-refractivity contribution in [2.24, 2.45) is 0 Å². The molecule has 0 spiro atoms. The third kappa shape index (κ3) is 4.05. The van der Waals surface area contributed by atoms with Gasteiger partial charge in [-0.15, -0.1) is 0 Å². The van der Waals surface area contributed by atoms with E-state index in [4.69, 9.17) is 4.74 Å². The molecule has 0 aromatic carbocycles. The molecule has 2 atom stereocenters. The summed E-state index contributed by atoms with van der Waals surface area (Å²) in [5, 5.41) is 8.10. The highest BCUT2D eigenvalue weighted by Gasteiger charge is 2.23. The van der Waals surface area contributed by atoms with Gasteiger partial charge in [0.2, 0.25) is 0 Å². The molecule has 4 nitrogen and oxygen atoms in total. The van der Waals surface area contributed by atoms with Crippen molar-refractivity contribution >= 4 is 0 Å². The lowest BCUT2D eigenvalue weighted by Gasteiger charge is -2.22. The van der Waals surface area contributed by atoms with Crippen molar-refractivity contribution in [1.29, 1.82) is 0 Å². The second-order valence-corrected chi connectivity index (χ2v) is 5.36. The average molecular weight is 265 g/mol. The Morgan fingerprint density at radius 2 is 2.37 bits per heavy atom. The first-order chi connectivity index (χ1) is 9.35. The van der Waals surface area contributed by atoms with E-state index >= 15 is 0 Å². The first kappa shape index (κ1) is 14.5. The van der Waals surface area contributed by atoms with Gasteiger partial charge in [-0.25, -0.2) is 0 Å². The predicted molar refractivity (Wildman–Crippen MR) is 77.1 cm³/mol. The van der Waals surface area contributed by atoms with Crippen molar-refractivity contribution in [2.75, 3.05) is 13.2 Å². The van der Waals surface area contributed by atoms with E-state index in [1.165, 1.54) is 18.5 Å². The number of ether oxygens (including phenoxy) is 1. The van der Waals surface area contributed by atoms with Crippen LogP contribution in [-0.2, 0) is 11.3 Å². The van der Waals surface area contributed by atoms with Crippen LogP contribution < -0.4 is 5.32 Å². The normalized spacial score (nSPS) is 20.8. The molecule has 0 saturated carbocycles. The Bertz CT molecular complexity index is 358. The van der Waals surface area contributed by atoms with Gasteiger partial charge in [0, 0.05) is 19.3 Å². The summed E-state index contributed by atoms with van der Waals surface area (Å²) < 4.78 is 7.93. The predicted octanol–water partition coefficient (Wildman–Crippen LogP) is 2.90. The molecule has 1 aromatic heterocycles. The van der Waals surface area contributed by atoms with Crippen molar-refractivity contribution in [3.63, 3.8) is 0 Å². The molecule has 1 saturated heterocycles. The molecular formula is C15H27N3O. The van der Waals surface area contributed by atoms with E-state index in [1.807, 2.05) is 6.20 Å². The third-order valence-electron chi connectivity index (χ3n) is 3.71. The average Bonchev–Trinajstić information content (AvgIpc) is 3.06. The summed E-state index contributed by atoms with van der Waals surface area (Å²) in [5.74, 6) is 0. The van der Waals surface area contributed by atoms with Crippen LogP contribution in [0.25, 0.3) is 0 Å². The van der Waals surface area contributed by atoms with E-state index in [-0.39, 0.29) is 0 Å². The van der Waals surface area contributed by atoms with Crippen LogP contribution in [0.2, 0.25) is 0 Å². The zero-order valence-corrected chi connectivity index (χ0v) is 12.3. The minimum atomic E-state index is 0.372. The summed E-state index contributed by atoms with van der Waals surface area (Å²) >= 11 is 0. The molecule has 1 aliphatic rings. The quantitative estimate of drug-likeness (QED) is 0.785. The molecule has 4 heteroatoms. The van der Waals surface area contributed by atoms with Crippen LogP contribution in [0.1, 0.15) is 57.7 Å². The standard InChI is InChI=1S/C15H27N3O/c1-3-8-16-14(12-13-6-5-11-19-13)15-7-9-17-18(15)10-4-2/h7,9,13-14,16H,3-6,8,10-12H2,1-2H3. The highest BCUT2D eigenvalue weighted by Crippen LogP contribution is 2.25. The Hall–Kier alpha value is -0.870. The summed E-state index contributed by atoms with van der Waals surface area (Å²) in [5.41, 5.74) is 1.31. The molecule has 1 N–H and O–H groups in total. The molecule has 0 amide bonds. The van der Waals surface area contributed by atoms with E-state index < -0.39 is 0 Å². The summed E-state index contributed by atoms with van der Waals surface area (Å²) in [7, 11) is 0. The van der Waals surface area contributed by atoms with Crippen LogP contribution in [0.5, 0.6) is 0 Å². The van der Waals surface area contributed by atoms with Crippen LogP contribution in [0, 0.1) is 0 Å². The Labute approximate surface area is 116 Å². The van der Waals surface area contributed by atoms with Gasteiger partial charge in [0.1, 0.15) is 0 Å². The fraction of sp³-hybridized carbons (Fsp3) is 0.800. The molecule has 1 fully saturated rings. The number of aryl methyl sites for hydroxylation is 1. The maximum Gasteiger partial charge on any atom is 0.0594 e. The van der Waals surface area contributed by atoms with E-state index in [1.54, 1.807) is 0 Å². The minimum Gasteiger partial charge on any atom is -0.378 e. The summed E-state index contributed by atoms with van der Waals surface area (Å²) in [6, 6.07) is 2.52. The van der Waals surface area contributed by atoms with Gasteiger partial charge < -0.3 is 10.1 Å². The van der Waals surface area contributed by atoms with Gasteiger partial charge in [0.05, 0.1) is 17.8 Å². The second kappa shape index (κ2) is 7.65. The Morgan fingerprint density at radius 3 is 3.05 bits per heavy atom. The highest BCUT2D eigenvalue weighted by molar-refractivity contribution is 5.07. The SMILES string of the molecule is CCCNC(CC1CCCO1)c1ccnn1CCC. The molecule has 1 aliphatic heterocycles. The fourth-order valence-corrected chi connectivity index (χ4v) is 2.76. The van der Waals surface area contributed by atoms with Crippen LogP contribution >= 0.6 is 0 Å². The maximum absolute atomic E-state index is 5.79. The Balaban J connectivity index is 2.03. The molecule has 2 heterocycles. The smallest absolute Gasteiger partial charge is 0.0594 e. The van der Waals surface area contributed by atoms with Gasteiger partial charge in [-0.05, 0) is 44.7 Å². The summed E-state index contributed by atoms with van der Waals surface area (Å²) in [6.07, 6.45) is 8.08. The van der Waals surface area contributed by atoms with Gasteiger partial charge in [0.25, 0.3) is 0 Å². The molecular weight excluding hydrogens is 238 g/mol. The Morgan fingerprint density at radius 1 is 1.47 bits per heavy atom. The van der Waals surface area contributed by atoms with Crippen LogP contribution in [-0.4, -0.2) is 29.0 Å². The number of aromatic nitrogens is 2. The lowest BCUT2D eigenvalue weighted by Crippen LogP contribution is -2.28. The van der Waals surface area contributed by atoms with Crippen LogP contribution in [0.4, 0.5) is 0 Å². The Kier molecular flexibility index (Phi) is 5.86. The summed E-state index contributed by atoms with van der Waals surface area (Å²) in [6.45, 7) is 7.38. The second-order valence-electron chi connectivity index (χ2n) is 5.36. The minimum absolute atomic E-state index is 0.372. The lowest BCUT2D eigenvalue weighted by atomic mass is 10.0. The molecule has 19 heavy (non-hydrogen) atoms. The van der Waals surface area contributed by atoms with Crippen molar-refractivity contribution in [3.8, 4) is 0 Å². The summed E-state index contributed by atoms with van der Waals surface area (Å²) in [4.78, 5) is 0. The molecule has 2 unspecified atom stereocenters. The molecule has 1 aromatic rings. The number of nitrogens with one attached hydrogen (secondary N) is 1. The fourth-order valence-electron chi connectivity index (χ4n) is 2.76. The van der Waals surface area contributed by atoms with Crippen molar-refractivity contribution < 1.29 is 4.74 Å². The molecule has 0 radical (unpaired) electrons. The molecule has 108 valence electrons. The van der Waals surface area contributed by atoms with Gasteiger partial charge in [-0.3, -0.25) is 4.68 Å². The zero-order chi connectivity index (χ0) is 13.5. The maximum atomic E-state index is 5.79. The van der Waals surface area contributed by atoms with Crippen molar-refractivity contribution in [2.45, 2.75) is 64.6 Å². The number of hydrogen-bond donors (Lipinski definition) is 1. The van der Waals surface area contributed by atoms with Crippen LogP contribution in [0.3, 0.4) is 0 Å². The first-order valence-corrected chi connectivity index (χ1v) is 7.71. The first-order valence-electron chi connectivity index (χ1n) is 7.71. The number of rotatable bonds is 8. The van der Waals surface area contributed by atoms with Gasteiger partial charge in [-0.2, -0.15) is 5.10 Å². The molecule has 2 rings (SSSR count). The third-order valence-corrected chi connectivity index (χ3v) is 3.71. The largest absolute Gasteiger partial charge is 0.378 e. The molecule has 0 aliphatic carbocycles. The van der Waals surface area contributed by atoms with E-state index in [2.05, 4.69) is 35.0 Å². The van der Waals surface area contributed by atoms with E-state index in [0.717, 1.165) is 39.0 Å². The van der Waals surface area contributed by atoms with Gasteiger partial charge in [-0.1, -0.05) is 13.8 Å². The van der Waals surface area contributed by atoms with Gasteiger partial charge >= 0.3 is 0 Å². The number of nitrogens with zero attached hydrogens (tertiary/aromatic N) is 2. The number of hydrogen-bond acceptors (Lipinski definition) is 3. The highest BCUT2D eigenvalue weighted by atomic mass is 16.5. The molecule has 0 bridgehead atoms. The lowest BCUT2D eigenvalue weighted by molar-refractivity contribution is 0.0936. The van der Waals surface area contributed by atoms with Crippen molar-refractivity contribution in [3.05, 3.63) is 18.0 Å². The monoisotopic (exact) mass is 265 g/mol. The zero-order valence-electron chi connectivity index (χ0n) is 12.3. The topological polar surface area (TPSA) is 39.1 Å². The van der Waals surface area contributed by atoms with Crippen LogP contribution in [0.15, 0.2) is 12.3 Å². The van der Waals surface area contributed by atoms with Gasteiger partial charge in [0.15, 0.2) is 0 Å². The van der Waals surface area contributed by atoms with E-state index in [9.17, 15) is 0 Å². The van der Waals surface area contributed by atoms with Crippen molar-refractivity contribution in [1.82, 2.24) is 15.1 Å².